The zero-order chi connectivity index (χ0) is 19.1. The maximum absolute atomic E-state index is 11.9. The highest BCUT2D eigenvalue weighted by atomic mass is 35.5. The van der Waals surface area contributed by atoms with Gasteiger partial charge in [-0.15, -0.1) is 24.8 Å². The number of carbonyl (C=O) groups is 2. The lowest BCUT2D eigenvalue weighted by atomic mass is 10.1. The summed E-state index contributed by atoms with van der Waals surface area (Å²) in [6.07, 6.45) is 1.00. The fourth-order valence-electron chi connectivity index (χ4n) is 3.02. The summed E-state index contributed by atoms with van der Waals surface area (Å²) in [5.41, 5.74) is 6.84. The molecule has 9 heteroatoms. The van der Waals surface area contributed by atoms with E-state index in [1.165, 1.54) is 0 Å². The first kappa shape index (κ1) is 26.3. The zero-order valence-electron chi connectivity index (χ0n) is 16.6. The Morgan fingerprint density at radius 2 is 1.93 bits per heavy atom. The summed E-state index contributed by atoms with van der Waals surface area (Å²) in [5.74, 6) is 0.791. The van der Waals surface area contributed by atoms with Gasteiger partial charge in [-0.25, -0.2) is 0 Å². The van der Waals surface area contributed by atoms with Crippen LogP contribution in [0.2, 0.25) is 0 Å². The summed E-state index contributed by atoms with van der Waals surface area (Å²) in [6.45, 7) is 6.10. The van der Waals surface area contributed by atoms with Gasteiger partial charge >= 0.3 is 0 Å². The Hall–Kier alpha value is -1.70. The number of anilines is 1. The second-order valence-corrected chi connectivity index (χ2v) is 7.06. The van der Waals surface area contributed by atoms with Gasteiger partial charge in [0.2, 0.25) is 11.8 Å². The highest BCUT2D eigenvalue weighted by molar-refractivity contribution is 5.87. The van der Waals surface area contributed by atoms with Gasteiger partial charge in [-0.05, 0) is 30.4 Å². The van der Waals surface area contributed by atoms with Crippen LogP contribution in [-0.2, 0) is 9.59 Å². The van der Waals surface area contributed by atoms with E-state index in [0.717, 1.165) is 30.9 Å². The molecule has 1 saturated heterocycles. The molecular formula is C19H32Cl2N4O3. The summed E-state index contributed by atoms with van der Waals surface area (Å²) < 4.78 is 5.42. The van der Waals surface area contributed by atoms with Crippen LogP contribution in [0, 0.1) is 11.8 Å². The van der Waals surface area contributed by atoms with E-state index < -0.39 is 6.04 Å². The molecule has 2 amide bonds. The van der Waals surface area contributed by atoms with E-state index >= 15 is 0 Å². The normalized spacial score (nSPS) is 16.6. The second kappa shape index (κ2) is 12.7. The molecule has 1 aliphatic heterocycles. The van der Waals surface area contributed by atoms with Gasteiger partial charge in [0.15, 0.2) is 0 Å². The average Bonchev–Trinajstić information content (AvgIpc) is 3.12. The van der Waals surface area contributed by atoms with Gasteiger partial charge in [0.1, 0.15) is 5.75 Å². The van der Waals surface area contributed by atoms with Crippen LogP contribution in [0.4, 0.5) is 5.69 Å². The molecule has 1 fully saturated rings. The number of rotatable bonds is 8. The number of ether oxygens (including phenoxy) is 1. The van der Waals surface area contributed by atoms with Crippen molar-refractivity contribution < 1.29 is 14.3 Å². The molecule has 1 aliphatic rings. The number of halogens is 2. The molecule has 2 atom stereocenters. The van der Waals surface area contributed by atoms with E-state index in [-0.39, 0.29) is 49.1 Å². The Kier molecular flexibility index (Phi) is 11.9. The van der Waals surface area contributed by atoms with Crippen molar-refractivity contribution in [2.45, 2.75) is 26.3 Å². The number of hydrogen-bond acceptors (Lipinski definition) is 5. The first-order valence-electron chi connectivity index (χ1n) is 9.10. The van der Waals surface area contributed by atoms with E-state index in [1.54, 1.807) is 7.11 Å². The van der Waals surface area contributed by atoms with Crippen molar-refractivity contribution >= 4 is 42.3 Å². The van der Waals surface area contributed by atoms with Gasteiger partial charge in [0.05, 0.1) is 25.4 Å². The van der Waals surface area contributed by atoms with Crippen LogP contribution in [0.15, 0.2) is 24.3 Å². The lowest BCUT2D eigenvalue weighted by Crippen LogP contribution is -2.47. The van der Waals surface area contributed by atoms with Crippen molar-refractivity contribution in [3.05, 3.63) is 24.3 Å². The molecule has 0 saturated carbocycles. The molecule has 1 heterocycles. The minimum absolute atomic E-state index is 0. The Morgan fingerprint density at radius 3 is 2.57 bits per heavy atom. The monoisotopic (exact) mass is 434 g/mol. The molecule has 0 bridgehead atoms. The van der Waals surface area contributed by atoms with Crippen LogP contribution in [0.25, 0.3) is 0 Å². The summed E-state index contributed by atoms with van der Waals surface area (Å²) in [6, 6.07) is 7.36. The predicted octanol–water partition coefficient (Wildman–Crippen LogP) is 1.58. The Labute approximate surface area is 179 Å². The third kappa shape index (κ3) is 7.37. The van der Waals surface area contributed by atoms with E-state index in [9.17, 15) is 9.59 Å². The van der Waals surface area contributed by atoms with Crippen LogP contribution < -0.4 is 26.0 Å². The largest absolute Gasteiger partial charge is 0.495 e. The van der Waals surface area contributed by atoms with Crippen LogP contribution in [0.1, 0.15) is 20.3 Å². The third-order valence-corrected chi connectivity index (χ3v) is 4.74. The van der Waals surface area contributed by atoms with Crippen molar-refractivity contribution in [3.8, 4) is 5.75 Å². The fraction of sp³-hybridized carbons (Fsp3) is 0.579. The van der Waals surface area contributed by atoms with E-state index in [0.29, 0.717) is 12.5 Å². The number of nitrogens with one attached hydrogen (secondary N) is 2. The third-order valence-electron chi connectivity index (χ3n) is 4.74. The van der Waals surface area contributed by atoms with Gasteiger partial charge in [-0.2, -0.15) is 0 Å². The highest BCUT2D eigenvalue weighted by Gasteiger charge is 2.25. The van der Waals surface area contributed by atoms with Gasteiger partial charge in [0.25, 0.3) is 0 Å². The van der Waals surface area contributed by atoms with Crippen molar-refractivity contribution in [2.24, 2.45) is 17.6 Å². The number of carbonyl (C=O) groups excluding carboxylic acids is 2. The van der Waals surface area contributed by atoms with Crippen LogP contribution in [0.3, 0.4) is 0 Å². The number of hydrogen-bond donors (Lipinski definition) is 3. The second-order valence-electron chi connectivity index (χ2n) is 7.06. The molecule has 28 heavy (non-hydrogen) atoms. The van der Waals surface area contributed by atoms with Crippen molar-refractivity contribution in [1.29, 1.82) is 0 Å². The van der Waals surface area contributed by atoms with E-state index in [1.807, 2.05) is 38.1 Å². The lowest BCUT2D eigenvalue weighted by molar-refractivity contribution is -0.127. The molecule has 0 aromatic heterocycles. The standard InChI is InChI=1S/C19H30N4O3.2ClH/c1-13(2)18(20)19(25)22-11-17(24)21-10-14-8-9-23(12-14)15-6-4-5-7-16(15)26-3;;/h4-7,13-14,18H,8-12,20H2,1-3H3,(H,21,24)(H,22,25);2*1H/t14?,18-;;/m0../s1. The maximum atomic E-state index is 11.9. The van der Waals surface area contributed by atoms with Crippen molar-refractivity contribution in [2.75, 3.05) is 38.2 Å². The van der Waals surface area contributed by atoms with Crippen LogP contribution in [0.5, 0.6) is 5.75 Å². The molecule has 0 spiro atoms. The van der Waals surface area contributed by atoms with Gasteiger partial charge < -0.3 is 26.0 Å². The summed E-state index contributed by atoms with van der Waals surface area (Å²) in [4.78, 5) is 26.0. The minimum Gasteiger partial charge on any atom is -0.495 e. The number of para-hydroxylation sites is 2. The summed E-state index contributed by atoms with van der Waals surface area (Å²) in [5, 5.41) is 5.48. The van der Waals surface area contributed by atoms with Crippen LogP contribution in [-0.4, -0.2) is 51.1 Å². The number of benzene rings is 1. The molecule has 0 aliphatic carbocycles. The zero-order valence-corrected chi connectivity index (χ0v) is 18.3. The minimum atomic E-state index is -0.591. The predicted molar refractivity (Wildman–Crippen MR) is 117 cm³/mol. The maximum Gasteiger partial charge on any atom is 0.239 e. The van der Waals surface area contributed by atoms with Crippen LogP contribution >= 0.6 is 24.8 Å². The first-order chi connectivity index (χ1) is 12.4. The summed E-state index contributed by atoms with van der Waals surface area (Å²) in [7, 11) is 1.67. The quantitative estimate of drug-likeness (QED) is 0.576. The molecule has 2 rings (SSSR count). The van der Waals surface area contributed by atoms with Crippen molar-refractivity contribution in [1.82, 2.24) is 10.6 Å². The van der Waals surface area contributed by atoms with Gasteiger partial charge in [-0.3, -0.25) is 9.59 Å². The van der Waals surface area contributed by atoms with E-state index in [4.69, 9.17) is 10.5 Å². The molecule has 1 aromatic rings. The molecule has 0 radical (unpaired) electrons. The number of methoxy groups -OCH3 is 1. The average molecular weight is 435 g/mol. The number of amides is 2. The smallest absolute Gasteiger partial charge is 0.239 e. The Morgan fingerprint density at radius 1 is 1.25 bits per heavy atom. The fourth-order valence-corrected chi connectivity index (χ4v) is 3.02. The lowest BCUT2D eigenvalue weighted by Gasteiger charge is -2.21. The Bertz CT molecular complexity index is 631. The highest BCUT2D eigenvalue weighted by Crippen LogP contribution is 2.31. The summed E-state index contributed by atoms with van der Waals surface area (Å²) >= 11 is 0. The van der Waals surface area contributed by atoms with Gasteiger partial charge in [0, 0.05) is 19.6 Å². The molecule has 1 aromatic carbocycles. The molecular weight excluding hydrogens is 403 g/mol. The number of nitrogens with zero attached hydrogens (tertiary/aromatic N) is 1. The first-order valence-corrected chi connectivity index (χ1v) is 9.10. The molecule has 160 valence electrons. The Balaban J connectivity index is 0.00000364. The molecule has 4 N–H and O–H groups in total. The molecule has 7 nitrogen and oxygen atoms in total. The molecule has 1 unspecified atom stereocenters. The van der Waals surface area contributed by atoms with Gasteiger partial charge in [-0.1, -0.05) is 26.0 Å². The van der Waals surface area contributed by atoms with E-state index in [2.05, 4.69) is 15.5 Å². The topological polar surface area (TPSA) is 96.7 Å². The van der Waals surface area contributed by atoms with Crippen molar-refractivity contribution in [3.63, 3.8) is 0 Å². The SMILES string of the molecule is COc1ccccc1N1CCC(CNC(=O)CNC(=O)[C@@H](N)C(C)C)C1.Cl.Cl. The number of nitrogens with two attached hydrogens (primary N) is 1.